The minimum atomic E-state index is 0.462. The van der Waals surface area contributed by atoms with Gasteiger partial charge < -0.3 is 0 Å². The SMILES string of the molecule is CCCCC[C]1C=Cc2cc3c(cc21)CC(C)(C)C3. The molecule has 19 heavy (non-hydrogen) atoms. The van der Waals surface area contributed by atoms with Crippen LogP contribution in [0.4, 0.5) is 0 Å². The minimum absolute atomic E-state index is 0.462. The Bertz CT molecular complexity index is 505. The quantitative estimate of drug-likeness (QED) is 0.635. The van der Waals surface area contributed by atoms with Gasteiger partial charge in [0, 0.05) is 5.92 Å². The molecule has 0 saturated heterocycles. The molecule has 0 aromatic heterocycles. The zero-order valence-electron chi connectivity index (χ0n) is 12.6. The summed E-state index contributed by atoms with van der Waals surface area (Å²) in [7, 11) is 0. The zero-order chi connectivity index (χ0) is 13.5. The summed E-state index contributed by atoms with van der Waals surface area (Å²) in [4.78, 5) is 0. The van der Waals surface area contributed by atoms with Gasteiger partial charge >= 0.3 is 0 Å². The Kier molecular flexibility index (Phi) is 3.28. The molecule has 0 heteroatoms. The highest BCUT2D eigenvalue weighted by Crippen LogP contribution is 2.41. The molecule has 0 unspecified atom stereocenters. The van der Waals surface area contributed by atoms with Gasteiger partial charge in [-0.05, 0) is 46.9 Å². The number of benzene rings is 1. The summed E-state index contributed by atoms with van der Waals surface area (Å²) in [6, 6.07) is 4.93. The van der Waals surface area contributed by atoms with Gasteiger partial charge in [0.1, 0.15) is 0 Å². The van der Waals surface area contributed by atoms with Gasteiger partial charge in [-0.15, -0.1) is 0 Å². The smallest absolute Gasteiger partial charge is 0.0273 e. The van der Waals surface area contributed by atoms with Crippen molar-refractivity contribution in [1.29, 1.82) is 0 Å². The third kappa shape index (κ3) is 2.50. The molecule has 0 N–H and O–H groups in total. The third-order valence-electron chi connectivity index (χ3n) is 4.57. The molecule has 2 aliphatic rings. The summed E-state index contributed by atoms with van der Waals surface area (Å²) in [5.41, 5.74) is 6.63. The van der Waals surface area contributed by atoms with Gasteiger partial charge in [0.15, 0.2) is 0 Å². The Labute approximate surface area is 117 Å². The molecule has 0 saturated carbocycles. The summed E-state index contributed by atoms with van der Waals surface area (Å²) in [6.07, 6.45) is 12.4. The number of rotatable bonds is 4. The van der Waals surface area contributed by atoms with Crippen LogP contribution in [-0.4, -0.2) is 0 Å². The van der Waals surface area contributed by atoms with Gasteiger partial charge in [-0.25, -0.2) is 0 Å². The van der Waals surface area contributed by atoms with Crippen molar-refractivity contribution < 1.29 is 0 Å². The molecule has 0 nitrogen and oxygen atoms in total. The van der Waals surface area contributed by atoms with E-state index in [1.807, 2.05) is 0 Å². The predicted molar refractivity (Wildman–Crippen MR) is 83.2 cm³/mol. The van der Waals surface area contributed by atoms with Crippen molar-refractivity contribution in [2.75, 3.05) is 0 Å². The van der Waals surface area contributed by atoms with E-state index in [1.54, 1.807) is 17.0 Å². The first kappa shape index (κ1) is 13.0. The molecule has 0 fully saturated rings. The molecule has 1 aromatic carbocycles. The highest BCUT2D eigenvalue weighted by Gasteiger charge is 2.30. The first-order valence-corrected chi connectivity index (χ1v) is 7.79. The van der Waals surface area contributed by atoms with Gasteiger partial charge in [-0.3, -0.25) is 0 Å². The largest absolute Gasteiger partial charge is 0.0721 e. The third-order valence-corrected chi connectivity index (χ3v) is 4.57. The second-order valence-electron chi connectivity index (χ2n) is 7.04. The number of fused-ring (bicyclic) bond motifs is 2. The second-order valence-corrected chi connectivity index (χ2v) is 7.04. The summed E-state index contributed by atoms with van der Waals surface area (Å²) in [5, 5.41) is 0. The molecule has 0 heterocycles. The number of allylic oxidation sites excluding steroid dienone is 1. The average Bonchev–Trinajstić information content (AvgIpc) is 2.85. The topological polar surface area (TPSA) is 0 Å². The van der Waals surface area contributed by atoms with Crippen LogP contribution in [-0.2, 0) is 12.8 Å². The molecule has 3 rings (SSSR count). The lowest BCUT2D eigenvalue weighted by Crippen LogP contribution is -2.09. The summed E-state index contributed by atoms with van der Waals surface area (Å²) in [6.45, 7) is 7.05. The van der Waals surface area contributed by atoms with Crippen molar-refractivity contribution in [2.24, 2.45) is 5.41 Å². The maximum atomic E-state index is 2.49. The van der Waals surface area contributed by atoms with Gasteiger partial charge in [0.05, 0.1) is 0 Å². The highest BCUT2D eigenvalue weighted by atomic mass is 14.3. The fourth-order valence-corrected chi connectivity index (χ4v) is 3.61. The normalized spacial score (nSPS) is 19.7. The number of hydrogen-bond donors (Lipinski definition) is 0. The van der Waals surface area contributed by atoms with E-state index in [1.165, 1.54) is 49.7 Å². The van der Waals surface area contributed by atoms with Gasteiger partial charge in [0.25, 0.3) is 0 Å². The monoisotopic (exact) mass is 253 g/mol. The molecule has 2 aliphatic carbocycles. The van der Waals surface area contributed by atoms with Crippen LogP contribution >= 0.6 is 0 Å². The zero-order valence-corrected chi connectivity index (χ0v) is 12.6. The van der Waals surface area contributed by atoms with Crippen molar-refractivity contribution in [1.82, 2.24) is 0 Å². The molecule has 0 amide bonds. The van der Waals surface area contributed by atoms with Crippen LogP contribution in [0.25, 0.3) is 6.08 Å². The van der Waals surface area contributed by atoms with Gasteiger partial charge in [-0.2, -0.15) is 0 Å². The highest BCUT2D eigenvalue weighted by molar-refractivity contribution is 5.70. The Morgan fingerprint density at radius 2 is 1.74 bits per heavy atom. The standard InChI is InChI=1S/C19H25/c1-4-5-6-7-14-8-9-15-10-16-12-19(2,3)13-17(16)11-18(14)15/h8-11H,4-7,12-13H2,1-3H3. The summed E-state index contributed by atoms with van der Waals surface area (Å²) < 4.78 is 0. The van der Waals surface area contributed by atoms with Crippen molar-refractivity contribution in [2.45, 2.75) is 59.3 Å². The van der Waals surface area contributed by atoms with Gasteiger partial charge in [0.2, 0.25) is 0 Å². The lowest BCUT2D eigenvalue weighted by atomic mass is 9.90. The van der Waals surface area contributed by atoms with E-state index >= 15 is 0 Å². The Balaban J connectivity index is 1.81. The Morgan fingerprint density at radius 1 is 1.00 bits per heavy atom. The molecule has 1 aromatic rings. The van der Waals surface area contributed by atoms with E-state index in [4.69, 9.17) is 0 Å². The molecule has 101 valence electrons. The van der Waals surface area contributed by atoms with E-state index in [-0.39, 0.29) is 0 Å². The van der Waals surface area contributed by atoms with Crippen molar-refractivity contribution in [3.63, 3.8) is 0 Å². The van der Waals surface area contributed by atoms with Crippen LogP contribution in [0.3, 0.4) is 0 Å². The van der Waals surface area contributed by atoms with E-state index in [0.29, 0.717) is 5.41 Å². The maximum Gasteiger partial charge on any atom is 0.0273 e. The van der Waals surface area contributed by atoms with Crippen LogP contribution in [0.2, 0.25) is 0 Å². The van der Waals surface area contributed by atoms with Crippen molar-refractivity contribution in [3.05, 3.63) is 46.4 Å². The summed E-state index contributed by atoms with van der Waals surface area (Å²) in [5.74, 6) is 1.57. The van der Waals surface area contributed by atoms with Crippen LogP contribution in [0, 0.1) is 11.3 Å². The van der Waals surface area contributed by atoms with E-state index in [0.717, 1.165) is 0 Å². The minimum Gasteiger partial charge on any atom is -0.0721 e. The Hall–Kier alpha value is -1.04. The lowest BCUT2D eigenvalue weighted by Gasteiger charge is -2.14. The number of hydrogen-bond acceptors (Lipinski definition) is 0. The fourth-order valence-electron chi connectivity index (χ4n) is 3.61. The van der Waals surface area contributed by atoms with Crippen LogP contribution in [0.5, 0.6) is 0 Å². The van der Waals surface area contributed by atoms with E-state index in [9.17, 15) is 0 Å². The molecule has 0 aliphatic heterocycles. The maximum absolute atomic E-state index is 2.49. The van der Waals surface area contributed by atoms with Crippen molar-refractivity contribution in [3.8, 4) is 0 Å². The summed E-state index contributed by atoms with van der Waals surface area (Å²) >= 11 is 0. The van der Waals surface area contributed by atoms with Crippen molar-refractivity contribution >= 4 is 6.08 Å². The molecule has 0 bridgehead atoms. The molecular formula is C19H25. The number of unbranched alkanes of at least 4 members (excludes halogenated alkanes) is 2. The first-order valence-electron chi connectivity index (χ1n) is 7.79. The fraction of sp³-hybridized carbons (Fsp3) is 0.526. The van der Waals surface area contributed by atoms with Crippen LogP contribution in [0.1, 0.15) is 68.7 Å². The molecular weight excluding hydrogens is 228 g/mol. The molecule has 1 radical (unpaired) electrons. The van der Waals surface area contributed by atoms with Gasteiger partial charge in [-0.1, -0.05) is 64.3 Å². The molecule has 0 atom stereocenters. The van der Waals surface area contributed by atoms with Crippen LogP contribution < -0.4 is 0 Å². The van der Waals surface area contributed by atoms with E-state index in [2.05, 4.69) is 45.1 Å². The van der Waals surface area contributed by atoms with E-state index < -0.39 is 0 Å². The first-order chi connectivity index (χ1) is 9.09. The second kappa shape index (κ2) is 4.81. The van der Waals surface area contributed by atoms with Crippen LogP contribution in [0.15, 0.2) is 18.2 Å². The predicted octanol–water partition coefficient (Wildman–Crippen LogP) is 5.34. The molecule has 0 spiro atoms. The average molecular weight is 253 g/mol. The lowest BCUT2D eigenvalue weighted by molar-refractivity contribution is 0.392. The Morgan fingerprint density at radius 3 is 2.47 bits per heavy atom.